The molecule has 1 aliphatic carbocycles. The number of para-hydroxylation sites is 1. The fourth-order valence-corrected chi connectivity index (χ4v) is 3.34. The van der Waals surface area contributed by atoms with Crippen LogP contribution in [0.1, 0.15) is 37.7 Å². The van der Waals surface area contributed by atoms with Crippen LogP contribution in [0.5, 0.6) is 0 Å². The Morgan fingerprint density at radius 1 is 1.26 bits per heavy atom. The summed E-state index contributed by atoms with van der Waals surface area (Å²) in [4.78, 5) is 26.5. The van der Waals surface area contributed by atoms with E-state index in [0.29, 0.717) is 5.56 Å². The molecule has 0 radical (unpaired) electrons. The number of carbonyl (C=O) groups is 2. The first-order chi connectivity index (χ1) is 11.1. The molecule has 1 aromatic carbocycles. The number of benzene rings is 1. The van der Waals surface area contributed by atoms with Gasteiger partial charge in [0.15, 0.2) is 0 Å². The van der Waals surface area contributed by atoms with Crippen LogP contribution in [0.15, 0.2) is 29.8 Å². The number of nitrogens with one attached hydrogen (secondary N) is 1. The van der Waals surface area contributed by atoms with Crippen LogP contribution in [0, 0.1) is 11.3 Å². The highest BCUT2D eigenvalue weighted by Crippen LogP contribution is 2.37. The van der Waals surface area contributed by atoms with E-state index in [1.807, 2.05) is 18.2 Å². The van der Waals surface area contributed by atoms with E-state index in [1.165, 1.54) is 11.3 Å². The molecule has 1 heterocycles. The van der Waals surface area contributed by atoms with Gasteiger partial charge in [0.2, 0.25) is 0 Å². The number of fused-ring (bicyclic) bond motifs is 1. The Balaban J connectivity index is 1.95. The summed E-state index contributed by atoms with van der Waals surface area (Å²) in [7, 11) is 1.65. The second-order valence-corrected chi connectivity index (χ2v) is 6.05. The molecule has 0 spiro atoms. The van der Waals surface area contributed by atoms with Gasteiger partial charge in [-0.2, -0.15) is 5.26 Å². The average molecular weight is 309 g/mol. The Hall–Kier alpha value is -2.61. The van der Waals surface area contributed by atoms with Crippen LogP contribution in [0.3, 0.4) is 0 Å². The molecule has 0 saturated heterocycles. The molecule has 0 unspecified atom stereocenters. The maximum atomic E-state index is 12.5. The molecule has 0 atom stereocenters. The van der Waals surface area contributed by atoms with Crippen LogP contribution in [-0.4, -0.2) is 24.9 Å². The highest BCUT2D eigenvalue weighted by molar-refractivity contribution is 6.36. The summed E-state index contributed by atoms with van der Waals surface area (Å²) in [5.41, 5.74) is 1.50. The number of hydrogen-bond acceptors (Lipinski definition) is 3. The highest BCUT2D eigenvalue weighted by Gasteiger charge is 2.34. The van der Waals surface area contributed by atoms with E-state index in [4.69, 9.17) is 0 Å². The molecule has 1 aliphatic heterocycles. The summed E-state index contributed by atoms with van der Waals surface area (Å²) in [6.07, 6.45) is 5.24. The molecular weight excluding hydrogens is 290 g/mol. The molecule has 5 heteroatoms. The van der Waals surface area contributed by atoms with Crippen LogP contribution in [0.4, 0.5) is 5.69 Å². The van der Waals surface area contributed by atoms with Gasteiger partial charge in [0.25, 0.3) is 11.8 Å². The van der Waals surface area contributed by atoms with Gasteiger partial charge in [-0.25, -0.2) is 0 Å². The van der Waals surface area contributed by atoms with E-state index < -0.39 is 5.91 Å². The van der Waals surface area contributed by atoms with E-state index in [0.717, 1.165) is 31.4 Å². The summed E-state index contributed by atoms with van der Waals surface area (Å²) in [6.45, 7) is 0. The van der Waals surface area contributed by atoms with Crippen molar-refractivity contribution in [2.24, 2.45) is 0 Å². The molecule has 1 saturated carbocycles. The zero-order valence-electron chi connectivity index (χ0n) is 13.1. The fraction of sp³-hybridized carbons (Fsp3) is 0.389. The van der Waals surface area contributed by atoms with Gasteiger partial charge in [-0.3, -0.25) is 9.59 Å². The standard InChI is InChI=1S/C18H19N3O2/c1-21-15-10-6-5-9-13(15)16(18(21)23)14(11-19)17(22)20-12-7-3-2-4-8-12/h5-6,9-10,12H,2-4,7-8H2,1H3,(H,20,22). The summed E-state index contributed by atoms with van der Waals surface area (Å²) in [5, 5.41) is 12.4. The van der Waals surface area contributed by atoms with Gasteiger partial charge in [0.1, 0.15) is 11.6 Å². The SMILES string of the molecule is CN1C(=O)C(=C(C#N)C(=O)NC2CCCCC2)c2ccccc21. The quantitative estimate of drug-likeness (QED) is 0.673. The Morgan fingerprint density at radius 2 is 1.96 bits per heavy atom. The molecule has 5 nitrogen and oxygen atoms in total. The molecular formula is C18H19N3O2. The zero-order chi connectivity index (χ0) is 16.4. The monoisotopic (exact) mass is 309 g/mol. The highest BCUT2D eigenvalue weighted by atomic mass is 16.2. The minimum atomic E-state index is -0.437. The molecule has 1 aromatic rings. The van der Waals surface area contributed by atoms with Gasteiger partial charge in [0, 0.05) is 18.7 Å². The smallest absolute Gasteiger partial charge is 0.263 e. The van der Waals surface area contributed by atoms with Crippen molar-refractivity contribution >= 4 is 23.1 Å². The van der Waals surface area contributed by atoms with Crippen LogP contribution in [0.25, 0.3) is 5.57 Å². The topological polar surface area (TPSA) is 73.2 Å². The number of nitrogens with zero attached hydrogens (tertiary/aromatic N) is 2. The third-order valence-electron chi connectivity index (χ3n) is 4.58. The first-order valence-electron chi connectivity index (χ1n) is 7.96. The van der Waals surface area contributed by atoms with E-state index in [9.17, 15) is 14.9 Å². The largest absolute Gasteiger partial charge is 0.349 e. The first kappa shape index (κ1) is 15.3. The van der Waals surface area contributed by atoms with Crippen molar-refractivity contribution in [3.63, 3.8) is 0 Å². The Bertz CT molecular complexity index is 724. The van der Waals surface area contributed by atoms with Crippen molar-refractivity contribution in [2.45, 2.75) is 38.1 Å². The van der Waals surface area contributed by atoms with Gasteiger partial charge in [-0.05, 0) is 18.9 Å². The van der Waals surface area contributed by atoms with Gasteiger partial charge in [-0.1, -0.05) is 37.5 Å². The number of rotatable bonds is 2. The van der Waals surface area contributed by atoms with Crippen LogP contribution < -0.4 is 10.2 Å². The normalized spacial score (nSPS) is 20.0. The predicted octanol–water partition coefficient (Wildman–Crippen LogP) is 2.39. The molecule has 0 bridgehead atoms. The molecule has 1 fully saturated rings. The molecule has 3 rings (SSSR count). The number of likely N-dealkylation sites (N-methyl/N-ethyl adjacent to an activating group) is 1. The summed E-state index contributed by atoms with van der Waals surface area (Å²) in [6, 6.07) is 9.27. The average Bonchev–Trinajstić information content (AvgIpc) is 2.82. The number of hydrogen-bond donors (Lipinski definition) is 1. The molecule has 118 valence electrons. The third-order valence-corrected chi connectivity index (χ3v) is 4.58. The third kappa shape index (κ3) is 2.72. The minimum Gasteiger partial charge on any atom is -0.349 e. The van der Waals surface area contributed by atoms with Gasteiger partial charge in [0.05, 0.1) is 11.3 Å². The zero-order valence-corrected chi connectivity index (χ0v) is 13.1. The Kier molecular flexibility index (Phi) is 4.16. The lowest BCUT2D eigenvalue weighted by atomic mass is 9.94. The fourth-order valence-electron chi connectivity index (χ4n) is 3.34. The second-order valence-electron chi connectivity index (χ2n) is 6.05. The van der Waals surface area contributed by atoms with Crippen molar-refractivity contribution in [3.05, 3.63) is 35.4 Å². The molecule has 2 aliphatic rings. The van der Waals surface area contributed by atoms with E-state index in [-0.39, 0.29) is 23.1 Å². The maximum absolute atomic E-state index is 12.5. The van der Waals surface area contributed by atoms with Gasteiger partial charge < -0.3 is 10.2 Å². The number of nitriles is 1. The van der Waals surface area contributed by atoms with Crippen LogP contribution >= 0.6 is 0 Å². The molecule has 0 aromatic heterocycles. The van der Waals surface area contributed by atoms with Gasteiger partial charge >= 0.3 is 0 Å². The number of amides is 2. The van der Waals surface area contributed by atoms with Crippen molar-refractivity contribution in [1.82, 2.24) is 5.32 Å². The summed E-state index contributed by atoms with van der Waals surface area (Å²) >= 11 is 0. The minimum absolute atomic E-state index is 0.0858. The molecule has 1 N–H and O–H groups in total. The molecule has 23 heavy (non-hydrogen) atoms. The number of carbonyl (C=O) groups excluding carboxylic acids is 2. The first-order valence-corrected chi connectivity index (χ1v) is 7.96. The van der Waals surface area contributed by atoms with E-state index in [1.54, 1.807) is 19.2 Å². The summed E-state index contributed by atoms with van der Waals surface area (Å²) < 4.78 is 0. The molecule has 2 amide bonds. The lowest BCUT2D eigenvalue weighted by molar-refractivity contribution is -0.118. The summed E-state index contributed by atoms with van der Waals surface area (Å²) in [5.74, 6) is -0.741. The lowest BCUT2D eigenvalue weighted by Crippen LogP contribution is -2.37. The van der Waals surface area contributed by atoms with Crippen molar-refractivity contribution in [2.75, 3.05) is 11.9 Å². The lowest BCUT2D eigenvalue weighted by Gasteiger charge is -2.22. The van der Waals surface area contributed by atoms with Crippen molar-refractivity contribution < 1.29 is 9.59 Å². The second kappa shape index (κ2) is 6.25. The Labute approximate surface area is 135 Å². The predicted molar refractivity (Wildman–Crippen MR) is 87.4 cm³/mol. The van der Waals surface area contributed by atoms with Crippen molar-refractivity contribution in [3.8, 4) is 6.07 Å². The Morgan fingerprint density at radius 3 is 2.65 bits per heavy atom. The van der Waals surface area contributed by atoms with E-state index >= 15 is 0 Å². The maximum Gasteiger partial charge on any atom is 0.263 e. The van der Waals surface area contributed by atoms with Gasteiger partial charge in [-0.15, -0.1) is 0 Å². The van der Waals surface area contributed by atoms with Crippen molar-refractivity contribution in [1.29, 1.82) is 5.26 Å². The van der Waals surface area contributed by atoms with Crippen LogP contribution in [0.2, 0.25) is 0 Å². The van der Waals surface area contributed by atoms with Crippen LogP contribution in [-0.2, 0) is 9.59 Å². The van der Waals surface area contributed by atoms with E-state index in [2.05, 4.69) is 5.32 Å². The number of anilines is 1.